The van der Waals surface area contributed by atoms with Crippen molar-refractivity contribution >= 4 is 6.47 Å². The Labute approximate surface area is 73.6 Å². The van der Waals surface area contributed by atoms with Gasteiger partial charge in [0.15, 0.2) is 0 Å². The molecule has 1 radical (unpaired) electrons. The van der Waals surface area contributed by atoms with Crippen LogP contribution in [0.1, 0.15) is 33.6 Å². The van der Waals surface area contributed by atoms with Gasteiger partial charge in [-0.05, 0) is 25.3 Å². The van der Waals surface area contributed by atoms with E-state index in [9.17, 15) is 4.79 Å². The number of ether oxygens (including phenoxy) is 1. The van der Waals surface area contributed by atoms with Crippen molar-refractivity contribution in [2.75, 3.05) is 0 Å². The molecule has 0 saturated heterocycles. The molecular weight excluding hydrogens is 152 g/mol. The molecule has 0 amide bonds. The molecule has 1 aliphatic rings. The summed E-state index contributed by atoms with van der Waals surface area (Å²) in [5.74, 6) is 0. The van der Waals surface area contributed by atoms with Crippen molar-refractivity contribution in [1.82, 2.24) is 0 Å². The molecule has 0 bridgehead atoms. The van der Waals surface area contributed by atoms with Gasteiger partial charge in [-0.2, -0.15) is 0 Å². The van der Waals surface area contributed by atoms with Crippen molar-refractivity contribution in [3.8, 4) is 0 Å². The maximum atomic E-state index is 10.1. The van der Waals surface area contributed by atoms with Crippen molar-refractivity contribution in [2.45, 2.75) is 39.7 Å². The molecule has 0 spiro atoms. The summed E-state index contributed by atoms with van der Waals surface area (Å²) in [7, 11) is 0. The summed E-state index contributed by atoms with van der Waals surface area (Å²) >= 11 is 0. The van der Waals surface area contributed by atoms with E-state index in [1.165, 1.54) is 6.47 Å². The molecule has 0 saturated carbocycles. The standard InChI is InChI=1S/C10H15O2/c1-8-5-4-6-10(2,3)9(8)12-7-11/h5,9H,4,6H2,1-3H3. The van der Waals surface area contributed by atoms with Crippen molar-refractivity contribution in [2.24, 2.45) is 5.41 Å². The summed E-state index contributed by atoms with van der Waals surface area (Å²) in [6, 6.07) is 0. The molecule has 1 aliphatic carbocycles. The molecule has 0 N–H and O–H groups in total. The minimum atomic E-state index is -0.0799. The second-order valence-electron chi connectivity index (χ2n) is 4.06. The van der Waals surface area contributed by atoms with Crippen LogP contribution in [0.25, 0.3) is 0 Å². The highest BCUT2D eigenvalue weighted by molar-refractivity contribution is 5.40. The van der Waals surface area contributed by atoms with E-state index < -0.39 is 0 Å². The highest BCUT2D eigenvalue weighted by Crippen LogP contribution is 2.37. The lowest BCUT2D eigenvalue weighted by molar-refractivity contribution is 0.0741. The summed E-state index contributed by atoms with van der Waals surface area (Å²) in [5.41, 5.74) is 1.21. The SMILES string of the molecule is CC1=CCCC(C)(C)C1O[C]=O. The average Bonchev–Trinajstić information content (AvgIpc) is 1.97. The summed E-state index contributed by atoms with van der Waals surface area (Å²) in [6.07, 6.45) is 4.20. The number of carbonyl (C=O) groups excluding carboxylic acids is 1. The second-order valence-corrected chi connectivity index (χ2v) is 4.06. The highest BCUT2D eigenvalue weighted by Gasteiger charge is 2.34. The van der Waals surface area contributed by atoms with Crippen LogP contribution in [0.15, 0.2) is 11.6 Å². The normalized spacial score (nSPS) is 27.6. The molecule has 1 rings (SSSR count). The largest absolute Gasteiger partial charge is 0.449 e. The van der Waals surface area contributed by atoms with Crippen LogP contribution in [0, 0.1) is 5.41 Å². The van der Waals surface area contributed by atoms with Crippen LogP contribution in [-0.4, -0.2) is 12.6 Å². The number of hydrogen-bond acceptors (Lipinski definition) is 2. The monoisotopic (exact) mass is 167 g/mol. The Balaban J connectivity index is 2.80. The van der Waals surface area contributed by atoms with Crippen molar-refractivity contribution < 1.29 is 9.53 Å². The van der Waals surface area contributed by atoms with Gasteiger partial charge in [0.05, 0.1) is 0 Å². The van der Waals surface area contributed by atoms with E-state index in [0.717, 1.165) is 18.4 Å². The molecule has 0 aromatic heterocycles. The Hall–Kier alpha value is -0.790. The summed E-state index contributed by atoms with van der Waals surface area (Å²) in [5, 5.41) is 0. The summed E-state index contributed by atoms with van der Waals surface area (Å²) in [6.45, 7) is 7.77. The Morgan fingerprint density at radius 1 is 1.67 bits per heavy atom. The van der Waals surface area contributed by atoms with E-state index in [1.807, 2.05) is 6.92 Å². The quantitative estimate of drug-likeness (QED) is 0.589. The van der Waals surface area contributed by atoms with Crippen LogP contribution in [0.2, 0.25) is 0 Å². The fourth-order valence-electron chi connectivity index (χ4n) is 1.83. The molecule has 12 heavy (non-hydrogen) atoms. The van der Waals surface area contributed by atoms with Crippen LogP contribution in [0.4, 0.5) is 0 Å². The number of allylic oxidation sites excluding steroid dienone is 1. The predicted molar refractivity (Wildman–Crippen MR) is 47.3 cm³/mol. The lowest BCUT2D eigenvalue weighted by Gasteiger charge is -2.36. The van der Waals surface area contributed by atoms with Gasteiger partial charge in [0.25, 0.3) is 0 Å². The van der Waals surface area contributed by atoms with Crippen LogP contribution in [0.5, 0.6) is 0 Å². The maximum Gasteiger partial charge on any atom is 0.418 e. The third kappa shape index (κ3) is 1.68. The molecule has 0 aliphatic heterocycles. The van der Waals surface area contributed by atoms with Gasteiger partial charge in [-0.25, -0.2) is 4.79 Å². The molecule has 0 heterocycles. The molecule has 2 heteroatoms. The van der Waals surface area contributed by atoms with Crippen molar-refractivity contribution in [1.29, 1.82) is 0 Å². The topological polar surface area (TPSA) is 26.3 Å². The third-order valence-electron chi connectivity index (χ3n) is 2.54. The zero-order chi connectivity index (χ0) is 9.19. The Morgan fingerprint density at radius 2 is 2.33 bits per heavy atom. The van der Waals surface area contributed by atoms with Crippen LogP contribution >= 0.6 is 0 Å². The highest BCUT2D eigenvalue weighted by atomic mass is 16.5. The van der Waals surface area contributed by atoms with E-state index in [0.29, 0.717) is 0 Å². The van der Waals surface area contributed by atoms with Gasteiger partial charge in [-0.15, -0.1) is 0 Å². The van der Waals surface area contributed by atoms with Gasteiger partial charge >= 0.3 is 6.47 Å². The van der Waals surface area contributed by atoms with E-state index in [4.69, 9.17) is 4.74 Å². The van der Waals surface area contributed by atoms with E-state index in [2.05, 4.69) is 19.9 Å². The molecule has 0 fully saturated rings. The van der Waals surface area contributed by atoms with Gasteiger partial charge in [0, 0.05) is 5.41 Å². The van der Waals surface area contributed by atoms with E-state index >= 15 is 0 Å². The van der Waals surface area contributed by atoms with E-state index in [1.54, 1.807) is 0 Å². The summed E-state index contributed by atoms with van der Waals surface area (Å²) in [4.78, 5) is 10.1. The van der Waals surface area contributed by atoms with Crippen molar-refractivity contribution in [3.05, 3.63) is 11.6 Å². The molecule has 0 aromatic carbocycles. The molecule has 1 atom stereocenters. The van der Waals surface area contributed by atoms with Gasteiger partial charge < -0.3 is 4.74 Å². The Kier molecular flexibility index (Phi) is 2.55. The minimum Gasteiger partial charge on any atom is -0.449 e. The fourth-order valence-corrected chi connectivity index (χ4v) is 1.83. The first kappa shape index (κ1) is 9.30. The zero-order valence-electron chi connectivity index (χ0n) is 7.89. The average molecular weight is 167 g/mol. The van der Waals surface area contributed by atoms with Gasteiger partial charge in [0.2, 0.25) is 0 Å². The van der Waals surface area contributed by atoms with Crippen LogP contribution < -0.4 is 0 Å². The molecule has 67 valence electrons. The third-order valence-corrected chi connectivity index (χ3v) is 2.54. The smallest absolute Gasteiger partial charge is 0.418 e. The number of rotatable bonds is 2. The molecule has 2 nitrogen and oxygen atoms in total. The van der Waals surface area contributed by atoms with Gasteiger partial charge in [-0.3, -0.25) is 0 Å². The Bertz CT molecular complexity index is 204. The lowest BCUT2D eigenvalue weighted by Crippen LogP contribution is -2.35. The predicted octanol–water partition coefficient (Wildman–Crippen LogP) is 2.21. The number of hydrogen-bond donors (Lipinski definition) is 0. The van der Waals surface area contributed by atoms with Crippen LogP contribution in [-0.2, 0) is 9.53 Å². The van der Waals surface area contributed by atoms with Gasteiger partial charge in [-0.1, -0.05) is 19.9 Å². The Morgan fingerprint density at radius 3 is 2.83 bits per heavy atom. The molecular formula is C10H15O2. The van der Waals surface area contributed by atoms with Crippen molar-refractivity contribution in [3.63, 3.8) is 0 Å². The van der Waals surface area contributed by atoms with Crippen LogP contribution in [0.3, 0.4) is 0 Å². The first-order valence-electron chi connectivity index (χ1n) is 4.27. The first-order valence-corrected chi connectivity index (χ1v) is 4.27. The minimum absolute atomic E-state index is 0.0657. The zero-order valence-corrected chi connectivity index (χ0v) is 7.89. The summed E-state index contributed by atoms with van der Waals surface area (Å²) < 4.78 is 4.94. The molecule has 1 unspecified atom stereocenters. The fraction of sp³-hybridized carbons (Fsp3) is 0.700. The lowest BCUT2D eigenvalue weighted by atomic mass is 9.75. The second kappa shape index (κ2) is 3.30. The van der Waals surface area contributed by atoms with E-state index in [-0.39, 0.29) is 11.5 Å². The van der Waals surface area contributed by atoms with Gasteiger partial charge in [0.1, 0.15) is 6.10 Å². The molecule has 0 aromatic rings. The maximum absolute atomic E-state index is 10.1. The first-order chi connectivity index (χ1) is 5.58.